The van der Waals surface area contributed by atoms with Crippen LogP contribution in [-0.4, -0.2) is 32.4 Å². The van der Waals surface area contributed by atoms with Gasteiger partial charge in [0.05, 0.1) is 18.0 Å². The van der Waals surface area contributed by atoms with Crippen LogP contribution in [0.15, 0.2) is 64.4 Å². The Bertz CT molecular complexity index is 1640. The van der Waals surface area contributed by atoms with Crippen molar-refractivity contribution in [1.29, 1.82) is 0 Å². The van der Waals surface area contributed by atoms with Crippen LogP contribution >= 0.6 is 11.6 Å². The van der Waals surface area contributed by atoms with Crippen molar-refractivity contribution < 1.29 is 28.2 Å². The SMILES string of the molecule is CC(=O)Oc1cc(OC(=O)c2cc(C(=O)n3cc(F)c(=O)[nH]c3=O)c3ccccc3c2)ncc1Cl. The molecule has 0 saturated heterocycles. The number of esters is 2. The Labute approximate surface area is 199 Å². The maximum Gasteiger partial charge on any atom is 0.344 e. The second-order valence-electron chi connectivity index (χ2n) is 7.09. The molecule has 35 heavy (non-hydrogen) atoms. The van der Waals surface area contributed by atoms with Crippen LogP contribution in [0.2, 0.25) is 5.02 Å². The van der Waals surface area contributed by atoms with Gasteiger partial charge in [-0.05, 0) is 22.9 Å². The molecule has 0 aliphatic carbocycles. The molecule has 176 valence electrons. The number of rotatable bonds is 4. The fourth-order valence-corrected chi connectivity index (χ4v) is 3.32. The molecule has 2 aromatic carbocycles. The smallest absolute Gasteiger partial charge is 0.344 e. The first kappa shape index (κ1) is 23.5. The van der Waals surface area contributed by atoms with E-state index in [-0.39, 0.29) is 27.8 Å². The van der Waals surface area contributed by atoms with E-state index in [0.29, 0.717) is 21.5 Å². The normalized spacial score (nSPS) is 10.7. The Morgan fingerprint density at radius 1 is 1.09 bits per heavy atom. The monoisotopic (exact) mass is 497 g/mol. The summed E-state index contributed by atoms with van der Waals surface area (Å²) < 4.78 is 24.3. The van der Waals surface area contributed by atoms with Gasteiger partial charge >= 0.3 is 17.6 Å². The highest BCUT2D eigenvalue weighted by molar-refractivity contribution is 6.32. The van der Waals surface area contributed by atoms with E-state index in [9.17, 15) is 28.4 Å². The zero-order valence-electron chi connectivity index (χ0n) is 17.7. The second-order valence-corrected chi connectivity index (χ2v) is 7.50. The van der Waals surface area contributed by atoms with Gasteiger partial charge in [-0.2, -0.15) is 4.39 Å². The third kappa shape index (κ3) is 4.84. The quantitative estimate of drug-likeness (QED) is 0.425. The maximum atomic E-state index is 13.8. The molecule has 4 rings (SSSR count). The van der Waals surface area contributed by atoms with E-state index in [0.717, 1.165) is 25.3 Å². The number of nitrogens with one attached hydrogen (secondary N) is 1. The molecule has 4 aromatic rings. The molecule has 2 heterocycles. The van der Waals surface area contributed by atoms with Crippen molar-refractivity contribution in [3.8, 4) is 11.6 Å². The second kappa shape index (κ2) is 9.31. The number of H-pyrrole nitrogens is 1. The summed E-state index contributed by atoms with van der Waals surface area (Å²) in [5.74, 6) is -4.23. The maximum absolute atomic E-state index is 13.8. The molecule has 0 bridgehead atoms. The van der Waals surface area contributed by atoms with E-state index in [1.165, 1.54) is 6.07 Å². The third-order valence-corrected chi connectivity index (χ3v) is 4.98. The lowest BCUT2D eigenvalue weighted by molar-refractivity contribution is -0.131. The van der Waals surface area contributed by atoms with Crippen LogP contribution in [-0.2, 0) is 4.79 Å². The molecule has 0 spiro atoms. The summed E-state index contributed by atoms with van der Waals surface area (Å²) >= 11 is 5.91. The van der Waals surface area contributed by atoms with Crippen LogP contribution in [0.5, 0.6) is 11.6 Å². The molecule has 0 saturated carbocycles. The molecule has 12 heteroatoms. The molecule has 0 unspecified atom stereocenters. The molecule has 1 N–H and O–H groups in total. The summed E-state index contributed by atoms with van der Waals surface area (Å²) in [6.07, 6.45) is 1.59. The molecule has 10 nitrogen and oxygen atoms in total. The van der Waals surface area contributed by atoms with Gasteiger partial charge in [0.25, 0.3) is 11.5 Å². The van der Waals surface area contributed by atoms with Gasteiger partial charge in [-0.1, -0.05) is 35.9 Å². The van der Waals surface area contributed by atoms with E-state index >= 15 is 0 Å². The van der Waals surface area contributed by atoms with Crippen LogP contribution in [0, 0.1) is 5.82 Å². The number of carbonyl (C=O) groups is 3. The molecule has 2 aromatic heterocycles. The molecular formula is C23H13ClFN3O7. The Balaban J connectivity index is 1.76. The van der Waals surface area contributed by atoms with Gasteiger partial charge in [0.15, 0.2) is 5.75 Å². The molecule has 0 fully saturated rings. The van der Waals surface area contributed by atoms with Crippen molar-refractivity contribution >= 4 is 40.2 Å². The van der Waals surface area contributed by atoms with E-state index < -0.39 is 34.9 Å². The number of pyridine rings is 1. The summed E-state index contributed by atoms with van der Waals surface area (Å²) in [5, 5.41) is 0.805. The summed E-state index contributed by atoms with van der Waals surface area (Å²) in [6.45, 7) is 1.16. The van der Waals surface area contributed by atoms with Crippen molar-refractivity contribution in [1.82, 2.24) is 14.5 Å². The van der Waals surface area contributed by atoms with Crippen LogP contribution in [0.1, 0.15) is 27.6 Å². The number of carbonyl (C=O) groups excluding carboxylic acids is 3. The zero-order valence-corrected chi connectivity index (χ0v) is 18.5. The Kier molecular flexibility index (Phi) is 6.26. The first-order chi connectivity index (χ1) is 16.6. The van der Waals surface area contributed by atoms with E-state index in [1.807, 2.05) is 0 Å². The third-order valence-electron chi connectivity index (χ3n) is 4.69. The first-order valence-corrected chi connectivity index (χ1v) is 10.2. The summed E-state index contributed by atoms with van der Waals surface area (Å²) in [6, 6.07) is 10.2. The minimum Gasteiger partial charge on any atom is -0.425 e. The highest BCUT2D eigenvalue weighted by Crippen LogP contribution is 2.28. The fraction of sp³-hybridized carbons (Fsp3) is 0.0435. The zero-order chi connectivity index (χ0) is 25.3. The van der Waals surface area contributed by atoms with Gasteiger partial charge in [-0.25, -0.2) is 19.1 Å². The van der Waals surface area contributed by atoms with Crippen LogP contribution in [0.25, 0.3) is 10.8 Å². The van der Waals surface area contributed by atoms with Gasteiger partial charge in [-0.3, -0.25) is 19.4 Å². The minimum absolute atomic E-state index is 0.0113. The van der Waals surface area contributed by atoms with Crippen LogP contribution in [0.4, 0.5) is 4.39 Å². The minimum atomic E-state index is -1.34. The standard InChI is InChI=1S/C23H13ClFN3O7/c1-11(29)34-18-8-19(26-9-16(18)24)35-22(32)13-6-12-4-2-3-5-14(12)15(7-13)21(31)28-10-17(25)20(30)27-23(28)33/h2-10H,1H3,(H,27,30,33). The number of hydrogen-bond donors (Lipinski definition) is 1. The number of ether oxygens (including phenoxy) is 2. The summed E-state index contributed by atoms with van der Waals surface area (Å²) in [4.78, 5) is 66.2. The van der Waals surface area contributed by atoms with Gasteiger partial charge in [0, 0.05) is 18.6 Å². The number of hydrogen-bond acceptors (Lipinski definition) is 8. The molecule has 0 aliphatic heterocycles. The largest absolute Gasteiger partial charge is 0.425 e. The lowest BCUT2D eigenvalue weighted by atomic mass is 10.00. The summed E-state index contributed by atoms with van der Waals surface area (Å²) in [7, 11) is 0. The average Bonchev–Trinajstić information content (AvgIpc) is 2.82. The highest BCUT2D eigenvalue weighted by Gasteiger charge is 2.20. The predicted molar refractivity (Wildman–Crippen MR) is 120 cm³/mol. The number of nitrogens with zero attached hydrogens (tertiary/aromatic N) is 2. The first-order valence-electron chi connectivity index (χ1n) is 9.79. The van der Waals surface area contributed by atoms with Gasteiger partial charge in [-0.15, -0.1) is 0 Å². The molecule has 0 amide bonds. The van der Waals surface area contributed by atoms with E-state index in [2.05, 4.69) is 4.98 Å². The fourth-order valence-electron chi connectivity index (χ4n) is 3.18. The van der Waals surface area contributed by atoms with Gasteiger partial charge in [0.1, 0.15) is 5.02 Å². The molecule has 0 radical (unpaired) electrons. The Morgan fingerprint density at radius 3 is 2.57 bits per heavy atom. The van der Waals surface area contributed by atoms with E-state index in [1.54, 1.807) is 29.2 Å². The topological polar surface area (TPSA) is 137 Å². The van der Waals surface area contributed by atoms with Gasteiger partial charge < -0.3 is 9.47 Å². The highest BCUT2D eigenvalue weighted by atomic mass is 35.5. The van der Waals surface area contributed by atoms with E-state index in [4.69, 9.17) is 21.1 Å². The number of aromatic amines is 1. The summed E-state index contributed by atoms with van der Waals surface area (Å²) in [5.41, 5.74) is -2.66. The molecular weight excluding hydrogens is 485 g/mol. The number of aromatic nitrogens is 3. The number of fused-ring (bicyclic) bond motifs is 1. The van der Waals surface area contributed by atoms with Gasteiger partial charge in [0.2, 0.25) is 11.7 Å². The van der Waals surface area contributed by atoms with Crippen molar-refractivity contribution in [2.24, 2.45) is 0 Å². The van der Waals surface area contributed by atoms with Crippen LogP contribution in [0.3, 0.4) is 0 Å². The molecule has 0 aliphatic rings. The average molecular weight is 498 g/mol. The number of benzene rings is 2. The lowest BCUT2D eigenvalue weighted by Crippen LogP contribution is -2.35. The van der Waals surface area contributed by atoms with Crippen LogP contribution < -0.4 is 20.7 Å². The number of halogens is 2. The Hall–Kier alpha value is -4.64. The lowest BCUT2D eigenvalue weighted by Gasteiger charge is -2.11. The van der Waals surface area contributed by atoms with Crippen molar-refractivity contribution in [2.45, 2.75) is 6.92 Å². The van der Waals surface area contributed by atoms with Crippen molar-refractivity contribution in [3.05, 3.63) is 97.7 Å². The van der Waals surface area contributed by atoms with Crippen molar-refractivity contribution in [3.63, 3.8) is 0 Å². The Morgan fingerprint density at radius 2 is 1.83 bits per heavy atom. The molecule has 0 atom stereocenters. The predicted octanol–water partition coefficient (Wildman–Crippen LogP) is 2.71. The van der Waals surface area contributed by atoms with Crippen molar-refractivity contribution in [2.75, 3.05) is 0 Å².